The molecule has 7 heteroatoms. The Morgan fingerprint density at radius 2 is 1.59 bits per heavy atom. The van der Waals surface area contributed by atoms with Crippen LogP contribution in [0.15, 0.2) is 102 Å². The first-order valence-corrected chi connectivity index (χ1v) is 14.0. The van der Waals surface area contributed by atoms with Crippen LogP contribution in [-0.4, -0.2) is 29.9 Å². The fraction of sp³-hybridized carbons (Fsp3) is 0.219. The Kier molecular flexibility index (Phi) is 8.68. The van der Waals surface area contributed by atoms with E-state index in [1.54, 1.807) is 24.5 Å². The van der Waals surface area contributed by atoms with E-state index in [-0.39, 0.29) is 11.8 Å². The van der Waals surface area contributed by atoms with Gasteiger partial charge >= 0.3 is 0 Å². The van der Waals surface area contributed by atoms with Gasteiger partial charge in [0.25, 0.3) is 11.8 Å². The summed E-state index contributed by atoms with van der Waals surface area (Å²) in [4.78, 5) is 32.8. The summed E-state index contributed by atoms with van der Waals surface area (Å²) in [6, 6.07) is 27.3. The van der Waals surface area contributed by atoms with Gasteiger partial charge in [-0.1, -0.05) is 48.5 Å². The minimum absolute atomic E-state index is 0.183. The lowest BCUT2D eigenvalue weighted by Crippen LogP contribution is -2.36. The summed E-state index contributed by atoms with van der Waals surface area (Å²) < 4.78 is 0.715. The van der Waals surface area contributed by atoms with Crippen LogP contribution in [0.25, 0.3) is 0 Å². The average Bonchev–Trinajstić information content (AvgIpc) is 2.97. The van der Waals surface area contributed by atoms with Gasteiger partial charge in [-0.15, -0.1) is 0 Å². The Hall–Kier alpha value is -3.97. The highest BCUT2D eigenvalue weighted by Gasteiger charge is 2.24. The summed E-state index contributed by atoms with van der Waals surface area (Å²) >= 11 is 3.44. The minimum atomic E-state index is -0.237. The molecule has 0 saturated carbocycles. The zero-order valence-electron chi connectivity index (χ0n) is 21.6. The number of hydrogen-bond donors (Lipinski definition) is 2. The first kappa shape index (κ1) is 26.6. The quantitative estimate of drug-likeness (QED) is 0.249. The molecule has 5 rings (SSSR count). The smallest absolute Gasteiger partial charge is 0.256 e. The van der Waals surface area contributed by atoms with Gasteiger partial charge in [0.1, 0.15) is 0 Å². The summed E-state index contributed by atoms with van der Waals surface area (Å²) in [5, 5.41) is 5.99. The molecule has 6 nitrogen and oxygen atoms in total. The van der Waals surface area contributed by atoms with Crippen molar-refractivity contribution in [3.8, 4) is 0 Å². The lowest BCUT2D eigenvalue weighted by atomic mass is 9.89. The van der Waals surface area contributed by atoms with Gasteiger partial charge in [-0.2, -0.15) is 0 Å². The number of nitrogens with zero attached hydrogens (tertiary/aromatic N) is 2. The lowest BCUT2D eigenvalue weighted by Gasteiger charge is -2.35. The van der Waals surface area contributed by atoms with E-state index in [4.69, 9.17) is 0 Å². The third-order valence-electron chi connectivity index (χ3n) is 7.12. The van der Waals surface area contributed by atoms with Crippen LogP contribution < -0.4 is 15.5 Å². The molecule has 1 fully saturated rings. The van der Waals surface area contributed by atoms with Gasteiger partial charge in [-0.05, 0) is 88.6 Å². The lowest BCUT2D eigenvalue weighted by molar-refractivity contribution is 0.0950. The minimum Gasteiger partial charge on any atom is -0.371 e. The molecule has 198 valence electrons. The molecule has 0 unspecified atom stereocenters. The van der Waals surface area contributed by atoms with Gasteiger partial charge in [0, 0.05) is 47.9 Å². The zero-order valence-corrected chi connectivity index (χ0v) is 23.2. The number of aromatic nitrogens is 1. The van der Waals surface area contributed by atoms with E-state index in [0.29, 0.717) is 33.7 Å². The topological polar surface area (TPSA) is 74.3 Å². The number of anilines is 2. The van der Waals surface area contributed by atoms with Crippen molar-refractivity contribution in [2.45, 2.75) is 25.8 Å². The highest BCUT2D eigenvalue weighted by molar-refractivity contribution is 9.10. The van der Waals surface area contributed by atoms with Crippen molar-refractivity contribution in [3.05, 3.63) is 124 Å². The summed E-state index contributed by atoms with van der Waals surface area (Å²) in [6.45, 7) is 2.13. The molecule has 0 bridgehead atoms. The summed E-state index contributed by atoms with van der Waals surface area (Å²) in [6.07, 6.45) is 6.65. The maximum Gasteiger partial charge on any atom is 0.256 e. The van der Waals surface area contributed by atoms with E-state index < -0.39 is 0 Å². The number of nitrogens with one attached hydrogen (secondary N) is 2. The van der Waals surface area contributed by atoms with Crippen LogP contribution in [0.2, 0.25) is 0 Å². The molecule has 2 heterocycles. The molecule has 1 aliphatic heterocycles. The third-order valence-corrected chi connectivity index (χ3v) is 7.81. The number of pyridine rings is 1. The molecule has 1 aliphatic rings. The maximum absolute atomic E-state index is 13.5. The van der Waals surface area contributed by atoms with E-state index in [2.05, 4.69) is 66.8 Å². The largest absolute Gasteiger partial charge is 0.371 e. The molecule has 2 N–H and O–H groups in total. The molecule has 1 saturated heterocycles. The predicted molar refractivity (Wildman–Crippen MR) is 159 cm³/mol. The van der Waals surface area contributed by atoms with Crippen LogP contribution in [0.1, 0.15) is 44.7 Å². The van der Waals surface area contributed by atoms with Crippen molar-refractivity contribution in [1.29, 1.82) is 0 Å². The fourth-order valence-electron chi connectivity index (χ4n) is 5.02. The van der Waals surface area contributed by atoms with Crippen molar-refractivity contribution in [2.75, 3.05) is 23.3 Å². The van der Waals surface area contributed by atoms with Gasteiger partial charge in [0.05, 0.1) is 11.1 Å². The predicted octanol–water partition coefficient (Wildman–Crippen LogP) is 6.49. The van der Waals surface area contributed by atoms with Crippen molar-refractivity contribution in [2.24, 2.45) is 5.92 Å². The molecule has 0 spiro atoms. The molecular weight excluding hydrogens is 552 g/mol. The van der Waals surface area contributed by atoms with E-state index in [0.717, 1.165) is 43.6 Å². The second-order valence-corrected chi connectivity index (χ2v) is 10.7. The summed E-state index contributed by atoms with van der Waals surface area (Å²) in [5.41, 5.74) is 4.83. The number of amides is 2. The number of carbonyl (C=O) groups is 2. The Balaban J connectivity index is 1.33. The van der Waals surface area contributed by atoms with Gasteiger partial charge in [0.15, 0.2) is 0 Å². The average molecular weight is 584 g/mol. The standard InChI is InChI=1S/C32H31BrN4O2/c33-29-11-5-4-10-27(29)32(39)36-26-12-13-30(28(20-26)31(38)35-22-25-9-6-16-34-21-25)37-17-14-24(15-18-37)19-23-7-2-1-3-8-23/h1-13,16,20-21,24H,14-15,17-19,22H2,(H,35,38)(H,36,39). The Labute approximate surface area is 237 Å². The molecule has 0 radical (unpaired) electrons. The van der Waals surface area contributed by atoms with Crippen LogP contribution in [0.3, 0.4) is 0 Å². The molecule has 4 aromatic rings. The van der Waals surface area contributed by atoms with Crippen molar-refractivity contribution >= 4 is 39.1 Å². The Morgan fingerprint density at radius 3 is 2.33 bits per heavy atom. The number of halogens is 1. The molecule has 0 atom stereocenters. The van der Waals surface area contributed by atoms with Crippen LogP contribution in [0.5, 0.6) is 0 Å². The van der Waals surface area contributed by atoms with Gasteiger partial charge in [-0.25, -0.2) is 0 Å². The van der Waals surface area contributed by atoms with Crippen molar-refractivity contribution < 1.29 is 9.59 Å². The normalized spacial score (nSPS) is 13.6. The summed E-state index contributed by atoms with van der Waals surface area (Å²) in [7, 11) is 0. The fourth-order valence-corrected chi connectivity index (χ4v) is 5.49. The molecule has 2 amide bonds. The first-order chi connectivity index (χ1) is 19.1. The van der Waals surface area contributed by atoms with Gasteiger partial charge in [-0.3, -0.25) is 14.6 Å². The number of benzene rings is 3. The van der Waals surface area contributed by atoms with Gasteiger partial charge < -0.3 is 15.5 Å². The number of hydrogen-bond acceptors (Lipinski definition) is 4. The highest BCUT2D eigenvalue weighted by atomic mass is 79.9. The number of carbonyl (C=O) groups excluding carboxylic acids is 2. The van der Waals surface area contributed by atoms with Crippen LogP contribution >= 0.6 is 15.9 Å². The highest BCUT2D eigenvalue weighted by Crippen LogP contribution is 2.30. The van der Waals surface area contributed by atoms with E-state index >= 15 is 0 Å². The van der Waals surface area contributed by atoms with E-state index in [1.807, 2.05) is 42.5 Å². The molecule has 39 heavy (non-hydrogen) atoms. The first-order valence-electron chi connectivity index (χ1n) is 13.2. The second-order valence-electron chi connectivity index (χ2n) is 9.83. The maximum atomic E-state index is 13.5. The number of piperidine rings is 1. The Morgan fingerprint density at radius 1 is 0.846 bits per heavy atom. The SMILES string of the molecule is O=C(Nc1ccc(N2CCC(Cc3ccccc3)CC2)c(C(=O)NCc2cccnc2)c1)c1ccccc1Br. The van der Waals surface area contributed by atoms with E-state index in [1.165, 1.54) is 5.56 Å². The van der Waals surface area contributed by atoms with Crippen molar-refractivity contribution in [3.63, 3.8) is 0 Å². The van der Waals surface area contributed by atoms with Crippen LogP contribution in [0, 0.1) is 5.92 Å². The van der Waals surface area contributed by atoms with Crippen LogP contribution in [0.4, 0.5) is 11.4 Å². The molecule has 1 aromatic heterocycles. The zero-order chi connectivity index (χ0) is 27.0. The Bertz CT molecular complexity index is 1420. The molecular formula is C32H31BrN4O2. The van der Waals surface area contributed by atoms with Gasteiger partial charge in [0.2, 0.25) is 0 Å². The van der Waals surface area contributed by atoms with Crippen molar-refractivity contribution in [1.82, 2.24) is 10.3 Å². The molecule has 0 aliphatic carbocycles. The third kappa shape index (κ3) is 6.92. The monoisotopic (exact) mass is 582 g/mol. The van der Waals surface area contributed by atoms with E-state index in [9.17, 15) is 9.59 Å². The second kappa shape index (κ2) is 12.7. The summed E-state index contributed by atoms with van der Waals surface area (Å²) in [5.74, 6) is 0.199. The molecule has 3 aromatic carbocycles. The van der Waals surface area contributed by atoms with Crippen LogP contribution in [-0.2, 0) is 13.0 Å². The number of rotatable bonds is 8.